The fourth-order valence-electron chi connectivity index (χ4n) is 3.02. The maximum atomic E-state index is 11.2. The van der Waals surface area contributed by atoms with Crippen LogP contribution in [0, 0.1) is 0 Å². The van der Waals surface area contributed by atoms with Crippen molar-refractivity contribution in [3.8, 4) is 17.5 Å². The number of benzene rings is 1. The molecule has 1 aromatic carbocycles. The van der Waals surface area contributed by atoms with Crippen LogP contribution in [0.25, 0.3) is 0 Å². The Bertz CT molecular complexity index is 945. The summed E-state index contributed by atoms with van der Waals surface area (Å²) in [6.07, 6.45) is 2.22. The zero-order chi connectivity index (χ0) is 23.3. The molecular formula is C22H29N5O6. The number of ether oxygens (including phenoxy) is 4. The van der Waals surface area contributed by atoms with Gasteiger partial charge in [-0.15, -0.1) is 0 Å². The second-order valence-electron chi connectivity index (χ2n) is 8.35. The van der Waals surface area contributed by atoms with Crippen molar-refractivity contribution in [2.45, 2.75) is 38.3 Å². The van der Waals surface area contributed by atoms with Gasteiger partial charge in [0.1, 0.15) is 24.7 Å². The first-order valence-electron chi connectivity index (χ1n) is 11.0. The van der Waals surface area contributed by atoms with Crippen LogP contribution in [0.1, 0.15) is 26.7 Å². The van der Waals surface area contributed by atoms with E-state index in [-0.39, 0.29) is 19.2 Å². The molecule has 1 saturated heterocycles. The van der Waals surface area contributed by atoms with Gasteiger partial charge in [0.25, 0.3) is 0 Å². The molecule has 1 saturated carbocycles. The van der Waals surface area contributed by atoms with Crippen LogP contribution >= 0.6 is 0 Å². The molecule has 1 aliphatic carbocycles. The molecule has 1 aromatic heterocycles. The maximum absolute atomic E-state index is 11.2. The van der Waals surface area contributed by atoms with Crippen LogP contribution in [0.3, 0.4) is 0 Å². The number of anilines is 2. The predicted octanol–water partition coefficient (Wildman–Crippen LogP) is 1.98. The van der Waals surface area contributed by atoms with Crippen molar-refractivity contribution in [2.24, 2.45) is 0 Å². The molecule has 4 rings (SSSR count). The highest BCUT2D eigenvalue weighted by Gasteiger charge is 2.29. The quantitative estimate of drug-likeness (QED) is 0.479. The van der Waals surface area contributed by atoms with Crippen molar-refractivity contribution >= 4 is 17.9 Å². The number of morpholine rings is 1. The number of hydrogen-bond donors (Lipinski definition) is 2. The standard InChI is InChI=1S/C22H29N5O6/c1-22(2,18(28)29)33-17-7-5-16(6-8-17)31-13-14-32-21-25-19(23-15-3-4-15)24-20(26-21)27-9-11-30-12-10-27/h5-8,15H,3-4,9-14H2,1-2H3,(H,28,29)(H,23,24,25,26). The van der Waals surface area contributed by atoms with Gasteiger partial charge in [0.05, 0.1) is 13.2 Å². The second kappa shape index (κ2) is 10.1. The summed E-state index contributed by atoms with van der Waals surface area (Å²) in [5.74, 6) is 1.12. The van der Waals surface area contributed by atoms with E-state index in [4.69, 9.17) is 24.1 Å². The van der Waals surface area contributed by atoms with Gasteiger partial charge in [-0.25, -0.2) is 4.79 Å². The van der Waals surface area contributed by atoms with Gasteiger partial charge in [-0.05, 0) is 51.0 Å². The number of nitrogens with zero attached hydrogens (tertiary/aromatic N) is 4. The molecule has 11 heteroatoms. The lowest BCUT2D eigenvalue weighted by Crippen LogP contribution is -2.37. The van der Waals surface area contributed by atoms with E-state index in [2.05, 4.69) is 25.2 Å². The third-order valence-corrected chi connectivity index (χ3v) is 5.10. The van der Waals surface area contributed by atoms with Gasteiger partial charge < -0.3 is 34.3 Å². The molecule has 0 radical (unpaired) electrons. The highest BCUT2D eigenvalue weighted by Crippen LogP contribution is 2.25. The Labute approximate surface area is 192 Å². The molecule has 0 atom stereocenters. The van der Waals surface area contributed by atoms with Crippen LogP contribution in [0.2, 0.25) is 0 Å². The molecule has 0 amide bonds. The van der Waals surface area contributed by atoms with Gasteiger partial charge in [-0.3, -0.25) is 0 Å². The fraction of sp³-hybridized carbons (Fsp3) is 0.545. The van der Waals surface area contributed by atoms with E-state index in [1.165, 1.54) is 13.8 Å². The van der Waals surface area contributed by atoms with Crippen molar-refractivity contribution in [3.63, 3.8) is 0 Å². The number of carboxylic acids is 1. The van der Waals surface area contributed by atoms with Crippen molar-refractivity contribution < 1.29 is 28.8 Å². The van der Waals surface area contributed by atoms with Crippen molar-refractivity contribution in [2.75, 3.05) is 49.7 Å². The first-order chi connectivity index (χ1) is 15.9. The number of carboxylic acid groups (broad SMARTS) is 1. The average Bonchev–Trinajstić information content (AvgIpc) is 3.62. The molecule has 0 unspecified atom stereocenters. The molecule has 2 aromatic rings. The zero-order valence-electron chi connectivity index (χ0n) is 18.8. The largest absolute Gasteiger partial charge is 0.490 e. The van der Waals surface area contributed by atoms with E-state index in [0.717, 1.165) is 25.9 Å². The Morgan fingerprint density at radius 1 is 1.09 bits per heavy atom. The Balaban J connectivity index is 1.30. The van der Waals surface area contributed by atoms with E-state index < -0.39 is 11.6 Å². The van der Waals surface area contributed by atoms with Crippen LogP contribution < -0.4 is 24.4 Å². The SMILES string of the molecule is CC(C)(Oc1ccc(OCCOc2nc(NC3CC3)nc(N3CCOCC3)n2)cc1)C(=O)O. The number of carbonyl (C=O) groups is 1. The lowest BCUT2D eigenvalue weighted by molar-refractivity contribution is -0.152. The Morgan fingerprint density at radius 2 is 1.76 bits per heavy atom. The van der Waals surface area contributed by atoms with Gasteiger partial charge in [-0.1, -0.05) is 0 Å². The molecule has 33 heavy (non-hydrogen) atoms. The molecule has 2 aliphatic rings. The van der Waals surface area contributed by atoms with Crippen LogP contribution in [0.5, 0.6) is 17.5 Å². The molecule has 178 valence electrons. The summed E-state index contributed by atoms with van der Waals surface area (Å²) in [5, 5.41) is 12.5. The lowest BCUT2D eigenvalue weighted by atomic mass is 10.1. The summed E-state index contributed by atoms with van der Waals surface area (Å²) in [4.78, 5) is 26.6. The summed E-state index contributed by atoms with van der Waals surface area (Å²) in [6, 6.07) is 7.41. The minimum absolute atomic E-state index is 0.248. The molecule has 2 heterocycles. The normalized spacial score (nSPS) is 16.2. The van der Waals surface area contributed by atoms with Crippen molar-refractivity contribution in [1.82, 2.24) is 15.0 Å². The van der Waals surface area contributed by atoms with Crippen LogP contribution in [0.4, 0.5) is 11.9 Å². The lowest BCUT2D eigenvalue weighted by Gasteiger charge is -2.27. The first kappa shape index (κ1) is 22.8. The highest BCUT2D eigenvalue weighted by atomic mass is 16.5. The van der Waals surface area contributed by atoms with E-state index in [1.54, 1.807) is 24.3 Å². The third kappa shape index (κ3) is 6.58. The summed E-state index contributed by atoms with van der Waals surface area (Å²) in [5.41, 5.74) is -1.31. The molecule has 2 N–H and O–H groups in total. The molecule has 1 aliphatic heterocycles. The topological polar surface area (TPSA) is 128 Å². The van der Waals surface area contributed by atoms with Crippen molar-refractivity contribution in [3.05, 3.63) is 24.3 Å². The van der Waals surface area contributed by atoms with Crippen LogP contribution in [0.15, 0.2) is 24.3 Å². The van der Waals surface area contributed by atoms with E-state index in [1.807, 2.05) is 0 Å². The molecule has 11 nitrogen and oxygen atoms in total. The van der Waals surface area contributed by atoms with Crippen LogP contribution in [-0.4, -0.2) is 77.2 Å². The number of aromatic nitrogens is 3. The van der Waals surface area contributed by atoms with Gasteiger partial charge >= 0.3 is 12.0 Å². The Morgan fingerprint density at radius 3 is 2.42 bits per heavy atom. The minimum atomic E-state index is -1.31. The molecule has 0 spiro atoms. The summed E-state index contributed by atoms with van der Waals surface area (Å²) in [7, 11) is 0. The average molecular weight is 460 g/mol. The number of aliphatic carboxylic acids is 1. The van der Waals surface area contributed by atoms with Gasteiger partial charge in [0.15, 0.2) is 5.60 Å². The summed E-state index contributed by atoms with van der Waals surface area (Å²) in [6.45, 7) is 6.24. The summed E-state index contributed by atoms with van der Waals surface area (Å²) >= 11 is 0. The highest BCUT2D eigenvalue weighted by molar-refractivity contribution is 5.76. The smallest absolute Gasteiger partial charge is 0.347 e. The Kier molecular flexibility index (Phi) is 6.97. The van der Waals surface area contributed by atoms with Gasteiger partial charge in [0.2, 0.25) is 11.9 Å². The minimum Gasteiger partial charge on any atom is -0.490 e. The second-order valence-corrected chi connectivity index (χ2v) is 8.35. The number of rotatable bonds is 11. The van der Waals surface area contributed by atoms with E-state index in [9.17, 15) is 4.79 Å². The van der Waals surface area contributed by atoms with Crippen LogP contribution in [-0.2, 0) is 9.53 Å². The molecule has 0 bridgehead atoms. The molecule has 2 fully saturated rings. The third-order valence-electron chi connectivity index (χ3n) is 5.10. The van der Waals surface area contributed by atoms with Gasteiger partial charge in [-0.2, -0.15) is 15.0 Å². The van der Waals surface area contributed by atoms with E-state index in [0.29, 0.717) is 42.7 Å². The number of nitrogens with one attached hydrogen (secondary N) is 1. The predicted molar refractivity (Wildman–Crippen MR) is 119 cm³/mol. The van der Waals surface area contributed by atoms with E-state index >= 15 is 0 Å². The monoisotopic (exact) mass is 459 g/mol. The Hall–Kier alpha value is -3.34. The molecular weight excluding hydrogens is 430 g/mol. The zero-order valence-corrected chi connectivity index (χ0v) is 18.8. The maximum Gasteiger partial charge on any atom is 0.347 e. The first-order valence-corrected chi connectivity index (χ1v) is 11.0. The summed E-state index contributed by atoms with van der Waals surface area (Å²) < 4.78 is 22.3. The van der Waals surface area contributed by atoms with Gasteiger partial charge in [0, 0.05) is 19.1 Å². The number of hydrogen-bond acceptors (Lipinski definition) is 10. The fourth-order valence-corrected chi connectivity index (χ4v) is 3.02. The van der Waals surface area contributed by atoms with Crippen molar-refractivity contribution in [1.29, 1.82) is 0 Å².